The van der Waals surface area contributed by atoms with Crippen LogP contribution in [0, 0.1) is 0 Å². The fourth-order valence-corrected chi connectivity index (χ4v) is 1.94. The first kappa shape index (κ1) is 9.47. The number of hydrogen-bond donors (Lipinski definition) is 1. The monoisotopic (exact) mass is 278 g/mol. The van der Waals surface area contributed by atoms with Crippen LogP contribution >= 0.6 is 15.9 Å². The Morgan fingerprint density at radius 1 is 1.25 bits per heavy atom. The van der Waals surface area contributed by atoms with Gasteiger partial charge in [-0.3, -0.25) is 0 Å². The van der Waals surface area contributed by atoms with Crippen molar-refractivity contribution in [3.63, 3.8) is 0 Å². The Balaban J connectivity index is 2.27. The molecule has 0 amide bonds. The molecule has 1 aromatic carbocycles. The van der Waals surface area contributed by atoms with Gasteiger partial charge >= 0.3 is 0 Å². The van der Waals surface area contributed by atoms with Crippen molar-refractivity contribution in [2.75, 3.05) is 5.73 Å². The van der Waals surface area contributed by atoms with Crippen LogP contribution in [0.1, 0.15) is 0 Å². The van der Waals surface area contributed by atoms with Gasteiger partial charge in [-0.1, -0.05) is 6.07 Å². The molecule has 0 fully saturated rings. The number of anilines is 1. The van der Waals surface area contributed by atoms with Crippen LogP contribution in [-0.2, 0) is 0 Å². The second-order valence-electron chi connectivity index (χ2n) is 3.32. The molecule has 0 bridgehead atoms. The van der Waals surface area contributed by atoms with Gasteiger partial charge in [0.2, 0.25) is 5.89 Å². The van der Waals surface area contributed by atoms with Crippen LogP contribution in [0.25, 0.3) is 22.6 Å². The third kappa shape index (κ3) is 1.32. The predicted molar refractivity (Wildman–Crippen MR) is 63.8 cm³/mol. The quantitative estimate of drug-likeness (QED) is 0.693. The van der Waals surface area contributed by atoms with Crippen LogP contribution in [0.3, 0.4) is 0 Å². The Morgan fingerprint density at radius 3 is 2.81 bits per heavy atom. The maximum absolute atomic E-state index is 5.80. The summed E-state index contributed by atoms with van der Waals surface area (Å²) in [5, 5.41) is 0. The average molecular weight is 279 g/mol. The summed E-state index contributed by atoms with van der Waals surface area (Å²) in [5.41, 5.74) is 8.52. The molecule has 5 heteroatoms. The third-order valence-electron chi connectivity index (χ3n) is 2.30. The van der Waals surface area contributed by atoms with Gasteiger partial charge in [0.15, 0.2) is 10.3 Å². The highest BCUT2D eigenvalue weighted by Gasteiger charge is 2.14. The second-order valence-corrected chi connectivity index (χ2v) is 4.04. The van der Waals surface area contributed by atoms with E-state index in [-0.39, 0.29) is 0 Å². The number of aromatic nitrogens is 1. The van der Waals surface area contributed by atoms with E-state index in [2.05, 4.69) is 20.9 Å². The highest BCUT2D eigenvalue weighted by atomic mass is 79.9. The zero-order valence-corrected chi connectivity index (χ0v) is 9.69. The van der Waals surface area contributed by atoms with Crippen LogP contribution in [0.15, 0.2) is 44.0 Å². The standard InChI is InChI=1S/C11H7BrN2O2/c12-10-6(4-5-15-10)11-14-9-7(13)2-1-3-8(9)16-11/h1-5H,13H2. The molecule has 0 radical (unpaired) electrons. The maximum Gasteiger partial charge on any atom is 0.231 e. The van der Waals surface area contributed by atoms with Gasteiger partial charge in [-0.15, -0.1) is 0 Å². The maximum atomic E-state index is 5.80. The van der Waals surface area contributed by atoms with Crippen molar-refractivity contribution >= 4 is 32.7 Å². The van der Waals surface area contributed by atoms with E-state index in [0.29, 0.717) is 27.3 Å². The molecule has 4 nitrogen and oxygen atoms in total. The van der Waals surface area contributed by atoms with E-state index in [0.717, 1.165) is 5.56 Å². The van der Waals surface area contributed by atoms with Crippen molar-refractivity contribution in [1.29, 1.82) is 0 Å². The zero-order valence-electron chi connectivity index (χ0n) is 8.11. The number of fused-ring (bicyclic) bond motifs is 1. The van der Waals surface area contributed by atoms with E-state index in [1.807, 2.05) is 12.1 Å². The molecule has 2 aromatic heterocycles. The Morgan fingerprint density at radius 2 is 2.12 bits per heavy atom. The number of nitrogens with zero attached hydrogens (tertiary/aromatic N) is 1. The van der Waals surface area contributed by atoms with Crippen LogP contribution in [0.2, 0.25) is 0 Å². The number of nitrogens with two attached hydrogens (primary N) is 1. The fourth-order valence-electron chi connectivity index (χ4n) is 1.53. The first-order chi connectivity index (χ1) is 7.75. The van der Waals surface area contributed by atoms with E-state index >= 15 is 0 Å². The van der Waals surface area contributed by atoms with Crippen molar-refractivity contribution in [2.24, 2.45) is 0 Å². The number of furan rings is 1. The molecule has 0 atom stereocenters. The number of halogens is 1. The highest BCUT2D eigenvalue weighted by molar-refractivity contribution is 9.10. The van der Waals surface area contributed by atoms with Crippen molar-refractivity contribution < 1.29 is 8.83 Å². The summed E-state index contributed by atoms with van der Waals surface area (Å²) in [6.07, 6.45) is 1.57. The minimum Gasteiger partial charge on any atom is -0.457 e. The summed E-state index contributed by atoms with van der Waals surface area (Å²) in [6.45, 7) is 0. The van der Waals surface area contributed by atoms with Gasteiger partial charge in [0.25, 0.3) is 0 Å². The lowest BCUT2D eigenvalue weighted by Gasteiger charge is -1.89. The normalized spacial score (nSPS) is 11.1. The highest BCUT2D eigenvalue weighted by Crippen LogP contribution is 2.32. The Kier molecular flexibility index (Phi) is 2.00. The molecule has 3 rings (SSSR count). The molecule has 80 valence electrons. The van der Waals surface area contributed by atoms with Gasteiger partial charge in [-0.25, -0.2) is 4.98 Å². The van der Waals surface area contributed by atoms with Crippen LogP contribution < -0.4 is 5.73 Å². The van der Waals surface area contributed by atoms with Crippen molar-refractivity contribution in [1.82, 2.24) is 4.98 Å². The molecular formula is C11H7BrN2O2. The van der Waals surface area contributed by atoms with Gasteiger partial charge in [-0.2, -0.15) is 0 Å². The molecule has 3 aromatic rings. The summed E-state index contributed by atoms with van der Waals surface area (Å²) < 4.78 is 11.3. The minimum absolute atomic E-state index is 0.494. The molecule has 0 saturated carbocycles. The third-order valence-corrected chi connectivity index (χ3v) is 2.91. The van der Waals surface area contributed by atoms with Crippen molar-refractivity contribution in [2.45, 2.75) is 0 Å². The van der Waals surface area contributed by atoms with Gasteiger partial charge < -0.3 is 14.6 Å². The topological polar surface area (TPSA) is 65.2 Å². The minimum atomic E-state index is 0.494. The molecule has 0 aliphatic heterocycles. The number of nitrogen functional groups attached to an aromatic ring is 1. The average Bonchev–Trinajstić information content (AvgIpc) is 2.84. The number of oxazole rings is 1. The van der Waals surface area contributed by atoms with E-state index in [1.54, 1.807) is 18.4 Å². The number of para-hydroxylation sites is 1. The number of hydrogen-bond acceptors (Lipinski definition) is 4. The van der Waals surface area contributed by atoms with Crippen LogP contribution in [-0.4, -0.2) is 4.98 Å². The molecule has 0 aliphatic rings. The predicted octanol–water partition coefficient (Wildman–Crippen LogP) is 3.43. The van der Waals surface area contributed by atoms with Gasteiger partial charge in [0.1, 0.15) is 5.52 Å². The van der Waals surface area contributed by atoms with Gasteiger partial charge in [0.05, 0.1) is 17.5 Å². The lowest BCUT2D eigenvalue weighted by Crippen LogP contribution is -1.84. The first-order valence-corrected chi connectivity index (χ1v) is 5.43. The first-order valence-electron chi connectivity index (χ1n) is 4.64. The molecule has 0 unspecified atom stereocenters. The zero-order chi connectivity index (χ0) is 11.1. The fraction of sp³-hybridized carbons (Fsp3) is 0. The van der Waals surface area contributed by atoms with Crippen LogP contribution in [0.5, 0.6) is 0 Å². The molecule has 0 saturated heterocycles. The summed E-state index contributed by atoms with van der Waals surface area (Å²) in [7, 11) is 0. The van der Waals surface area contributed by atoms with Crippen molar-refractivity contribution in [3.8, 4) is 11.5 Å². The van der Waals surface area contributed by atoms with E-state index in [1.165, 1.54) is 0 Å². The van der Waals surface area contributed by atoms with E-state index < -0.39 is 0 Å². The Bertz CT molecular complexity index is 657. The second kappa shape index (κ2) is 3.38. The largest absolute Gasteiger partial charge is 0.457 e. The molecule has 0 spiro atoms. The molecule has 16 heavy (non-hydrogen) atoms. The number of benzene rings is 1. The van der Waals surface area contributed by atoms with E-state index in [4.69, 9.17) is 14.6 Å². The summed E-state index contributed by atoms with van der Waals surface area (Å²) in [4.78, 5) is 4.33. The summed E-state index contributed by atoms with van der Waals surface area (Å²) >= 11 is 3.28. The Hall–Kier alpha value is -1.75. The lowest BCUT2D eigenvalue weighted by molar-refractivity contribution is 0.539. The molecule has 2 N–H and O–H groups in total. The number of rotatable bonds is 1. The van der Waals surface area contributed by atoms with Crippen LogP contribution in [0.4, 0.5) is 5.69 Å². The molecule has 0 aliphatic carbocycles. The van der Waals surface area contributed by atoms with Gasteiger partial charge in [0, 0.05) is 0 Å². The summed E-state index contributed by atoms with van der Waals surface area (Å²) in [6, 6.07) is 7.23. The SMILES string of the molecule is Nc1cccc2oc(-c3ccoc3Br)nc12. The smallest absolute Gasteiger partial charge is 0.231 e. The lowest BCUT2D eigenvalue weighted by atomic mass is 10.3. The van der Waals surface area contributed by atoms with E-state index in [9.17, 15) is 0 Å². The van der Waals surface area contributed by atoms with Crippen molar-refractivity contribution in [3.05, 3.63) is 35.2 Å². The Labute approximate surface area is 99.2 Å². The molecule has 2 heterocycles. The molecular weight excluding hydrogens is 272 g/mol. The van der Waals surface area contributed by atoms with Gasteiger partial charge in [-0.05, 0) is 34.1 Å². The summed E-state index contributed by atoms with van der Waals surface area (Å²) in [5.74, 6) is 0.494.